The quantitative estimate of drug-likeness (QED) is 0.489. The molecule has 0 amide bonds. The predicted molar refractivity (Wildman–Crippen MR) is 43.4 cm³/mol. The molecule has 0 aromatic carbocycles. The van der Waals surface area contributed by atoms with Gasteiger partial charge in [0.15, 0.2) is 0 Å². The second kappa shape index (κ2) is 4.98. The number of phosphoric acid groups is 1. The Morgan fingerprint density at radius 1 is 1.60 bits per heavy atom. The molecule has 0 saturated carbocycles. The van der Waals surface area contributed by atoms with Crippen LogP contribution in [0.25, 0.3) is 0 Å². The van der Waals surface area contributed by atoms with Gasteiger partial charge in [-0.05, 0) is 0 Å². The van der Waals surface area contributed by atoms with E-state index in [1.807, 2.05) is 0 Å². The molecular formula is C3H11As2O4P. The molecule has 0 aliphatic carbocycles. The zero-order valence-electron chi connectivity index (χ0n) is 5.30. The van der Waals surface area contributed by atoms with Gasteiger partial charge in [0.2, 0.25) is 0 Å². The molecule has 0 aliphatic rings. The first-order chi connectivity index (χ1) is 4.45. The number of hydrogen-bond donors (Lipinski definition) is 2. The van der Waals surface area contributed by atoms with Crippen molar-refractivity contribution in [3.8, 4) is 0 Å². The molecule has 0 radical (unpaired) electrons. The zero-order valence-corrected chi connectivity index (χ0v) is 11.0. The van der Waals surface area contributed by atoms with Crippen molar-refractivity contribution < 1.29 is 18.9 Å². The minimum atomic E-state index is -4.23. The Balaban J connectivity index is 3.58. The third-order valence-corrected chi connectivity index (χ3v) is 3.43. The molecule has 10 heavy (non-hydrogen) atoms. The van der Waals surface area contributed by atoms with Crippen molar-refractivity contribution in [2.24, 2.45) is 0 Å². The third-order valence-electron chi connectivity index (χ3n) is 0.724. The monoisotopic (exact) mass is 292 g/mol. The van der Waals surface area contributed by atoms with Crippen molar-refractivity contribution in [3.05, 3.63) is 0 Å². The van der Waals surface area contributed by atoms with Gasteiger partial charge in [-0.15, -0.1) is 0 Å². The summed E-state index contributed by atoms with van der Waals surface area (Å²) in [6.07, 6.45) is 0.727. The van der Waals surface area contributed by atoms with E-state index in [1.165, 1.54) is 16.9 Å². The summed E-state index contributed by atoms with van der Waals surface area (Å²) < 4.78 is 14.6. The van der Waals surface area contributed by atoms with Gasteiger partial charge in [-0.2, -0.15) is 0 Å². The molecule has 0 aliphatic heterocycles. The number of hydrogen-bond acceptors (Lipinski definition) is 2. The first-order valence-corrected chi connectivity index (χ1v) is 7.29. The van der Waals surface area contributed by atoms with Crippen LogP contribution in [0.1, 0.15) is 6.42 Å². The van der Waals surface area contributed by atoms with Crippen LogP contribution < -0.4 is 0 Å². The molecule has 0 rings (SSSR count). The summed E-state index contributed by atoms with van der Waals surface area (Å²) in [6, 6.07) is 0. The molecule has 7 heteroatoms. The Bertz CT molecular complexity index is 134. The van der Waals surface area contributed by atoms with E-state index in [2.05, 4.69) is 4.52 Å². The van der Waals surface area contributed by atoms with Gasteiger partial charge >= 0.3 is 76.9 Å². The van der Waals surface area contributed by atoms with Gasteiger partial charge in [0.1, 0.15) is 0 Å². The molecule has 0 saturated heterocycles. The Hall–Kier alpha value is 1.23. The molecule has 62 valence electrons. The van der Waals surface area contributed by atoms with Crippen LogP contribution in [0, 0.1) is 0 Å². The number of phosphoric ester groups is 1. The maximum absolute atomic E-state index is 10.2. The maximum atomic E-state index is 10.2. The molecule has 0 spiro atoms. The molecule has 0 aromatic rings. The fourth-order valence-corrected chi connectivity index (χ4v) is 4.64. The van der Waals surface area contributed by atoms with Gasteiger partial charge in [0.25, 0.3) is 0 Å². The van der Waals surface area contributed by atoms with Gasteiger partial charge < -0.3 is 0 Å². The van der Waals surface area contributed by atoms with Crippen LogP contribution in [0.4, 0.5) is 0 Å². The fraction of sp³-hybridized carbons (Fsp3) is 1.00. The van der Waals surface area contributed by atoms with Crippen LogP contribution in [-0.4, -0.2) is 48.4 Å². The SMILES string of the molecule is O=P(O)(O)OC([AsH2])CC[AsH2]. The summed E-state index contributed by atoms with van der Waals surface area (Å²) in [5.41, 5.74) is 0. The summed E-state index contributed by atoms with van der Waals surface area (Å²) in [4.78, 5) is 16.4. The third kappa shape index (κ3) is 7.34. The Morgan fingerprint density at radius 2 is 2.10 bits per heavy atom. The second-order valence-corrected chi connectivity index (χ2v) is 5.68. The molecule has 2 N–H and O–H groups in total. The van der Waals surface area contributed by atoms with Crippen molar-refractivity contribution in [2.45, 2.75) is 16.5 Å². The molecule has 3 atom stereocenters. The summed E-state index contributed by atoms with van der Waals surface area (Å²) in [5.74, 6) is 0. The van der Waals surface area contributed by atoms with Gasteiger partial charge in [0, 0.05) is 0 Å². The first kappa shape index (κ1) is 11.2. The summed E-state index contributed by atoms with van der Waals surface area (Å²) in [6.45, 7) is 0. The molecule has 0 aromatic heterocycles. The number of rotatable bonds is 4. The average Bonchev–Trinajstić information content (AvgIpc) is 1.59. The van der Waals surface area contributed by atoms with E-state index in [0.29, 0.717) is 0 Å². The van der Waals surface area contributed by atoms with Gasteiger partial charge in [-0.25, -0.2) is 0 Å². The Labute approximate surface area is 77.0 Å². The molecule has 0 fully saturated rings. The van der Waals surface area contributed by atoms with Gasteiger partial charge in [0.05, 0.1) is 0 Å². The summed E-state index contributed by atoms with van der Waals surface area (Å²) in [7, 11) is -4.23. The van der Waals surface area contributed by atoms with Crippen LogP contribution in [0.3, 0.4) is 0 Å². The molecule has 0 bridgehead atoms. The molecule has 0 heterocycles. The average molecular weight is 292 g/mol. The normalized spacial score (nSPS) is 15.2. The molecule has 3 unspecified atom stereocenters. The topological polar surface area (TPSA) is 66.8 Å². The van der Waals surface area contributed by atoms with E-state index in [1.54, 1.807) is 16.9 Å². The van der Waals surface area contributed by atoms with Gasteiger partial charge in [-0.3, -0.25) is 0 Å². The van der Waals surface area contributed by atoms with Crippen molar-refractivity contribution in [2.75, 3.05) is 0 Å². The Kier molecular flexibility index (Phi) is 5.59. The van der Waals surface area contributed by atoms with Crippen LogP contribution in [0.2, 0.25) is 5.21 Å². The van der Waals surface area contributed by atoms with E-state index in [4.69, 9.17) is 9.79 Å². The zero-order chi connectivity index (χ0) is 8.20. The van der Waals surface area contributed by atoms with Crippen LogP contribution in [0.5, 0.6) is 0 Å². The van der Waals surface area contributed by atoms with E-state index in [9.17, 15) is 4.57 Å². The minimum absolute atomic E-state index is 0.278. The van der Waals surface area contributed by atoms with Crippen molar-refractivity contribution >= 4 is 41.5 Å². The van der Waals surface area contributed by atoms with E-state index in [-0.39, 0.29) is 4.89 Å². The Morgan fingerprint density at radius 3 is 2.40 bits per heavy atom. The van der Waals surface area contributed by atoms with Crippen LogP contribution in [0.15, 0.2) is 0 Å². The van der Waals surface area contributed by atoms with Crippen molar-refractivity contribution in [1.82, 2.24) is 0 Å². The fourth-order valence-electron chi connectivity index (χ4n) is 0.393. The summed E-state index contributed by atoms with van der Waals surface area (Å²) in [5, 5.41) is 0.940. The standard InChI is InChI=1S/C3H11As2O4P/c4-2-1-3(5)9-10(6,7)8/h3H,1-2,4-5H2,(H2,6,7,8). The molecule has 4 nitrogen and oxygen atoms in total. The summed E-state index contributed by atoms with van der Waals surface area (Å²) >= 11 is 2.75. The van der Waals surface area contributed by atoms with E-state index in [0.717, 1.165) is 11.6 Å². The predicted octanol–water partition coefficient (Wildman–Crippen LogP) is -1.50. The van der Waals surface area contributed by atoms with E-state index < -0.39 is 7.82 Å². The van der Waals surface area contributed by atoms with Crippen LogP contribution in [-0.2, 0) is 9.09 Å². The van der Waals surface area contributed by atoms with Crippen LogP contribution >= 0.6 is 7.82 Å². The first-order valence-electron chi connectivity index (χ1n) is 2.65. The van der Waals surface area contributed by atoms with Crippen molar-refractivity contribution in [3.63, 3.8) is 0 Å². The van der Waals surface area contributed by atoms with Crippen molar-refractivity contribution in [1.29, 1.82) is 0 Å². The van der Waals surface area contributed by atoms with Gasteiger partial charge in [-0.1, -0.05) is 0 Å². The second-order valence-electron chi connectivity index (χ2n) is 1.71. The molecular weight excluding hydrogens is 281 g/mol. The van der Waals surface area contributed by atoms with E-state index >= 15 is 0 Å².